The lowest BCUT2D eigenvalue weighted by Crippen LogP contribution is -2.10. The van der Waals surface area contributed by atoms with Crippen molar-refractivity contribution in [3.8, 4) is 28.7 Å². The second-order valence-corrected chi connectivity index (χ2v) is 7.21. The van der Waals surface area contributed by atoms with E-state index < -0.39 is 0 Å². The Kier molecular flexibility index (Phi) is 5.98. The highest BCUT2D eigenvalue weighted by Gasteiger charge is 2.16. The number of rotatable bonds is 7. The topological polar surface area (TPSA) is 87.0 Å². The number of hydrogen-bond donors (Lipinski definition) is 1. The second kappa shape index (κ2) is 9.01. The maximum Gasteiger partial charge on any atom is 0.238 e. The first-order valence-electron chi connectivity index (χ1n) is 9.98. The van der Waals surface area contributed by atoms with Crippen LogP contribution in [0.5, 0.6) is 11.6 Å². The van der Waals surface area contributed by atoms with E-state index >= 15 is 0 Å². The minimum atomic E-state index is -0.278. The standard InChI is InChI=1S/C23H23FN6O2/c1-14-12-30(13-25-14)20-10-9-18(27-23(20)32-4)19-11-21(31-3)22(29-28-19)26-15(2)16-5-7-17(24)8-6-16/h5-13,15H,1-4H3,(H,26,29). The Labute approximate surface area is 185 Å². The highest BCUT2D eigenvalue weighted by molar-refractivity contribution is 5.63. The summed E-state index contributed by atoms with van der Waals surface area (Å²) in [6.07, 6.45) is 3.60. The first kappa shape index (κ1) is 21.2. The van der Waals surface area contributed by atoms with Crippen molar-refractivity contribution >= 4 is 5.82 Å². The molecule has 1 aromatic carbocycles. The van der Waals surface area contributed by atoms with E-state index in [1.165, 1.54) is 12.1 Å². The van der Waals surface area contributed by atoms with Crippen molar-refractivity contribution in [1.29, 1.82) is 0 Å². The zero-order chi connectivity index (χ0) is 22.7. The lowest BCUT2D eigenvalue weighted by atomic mass is 10.1. The zero-order valence-corrected chi connectivity index (χ0v) is 18.2. The van der Waals surface area contributed by atoms with Gasteiger partial charge in [0.05, 0.1) is 38.0 Å². The molecule has 3 aromatic heterocycles. The summed E-state index contributed by atoms with van der Waals surface area (Å²) < 4.78 is 26.0. The van der Waals surface area contributed by atoms with Crippen LogP contribution < -0.4 is 14.8 Å². The molecule has 1 N–H and O–H groups in total. The molecule has 0 fully saturated rings. The number of methoxy groups -OCH3 is 2. The Morgan fingerprint density at radius 2 is 1.78 bits per heavy atom. The summed E-state index contributed by atoms with van der Waals surface area (Å²) >= 11 is 0. The SMILES string of the molecule is COc1cc(-c2ccc(-n3cnc(C)c3)c(OC)n2)nnc1NC(C)c1ccc(F)cc1. The van der Waals surface area contributed by atoms with Crippen LogP contribution >= 0.6 is 0 Å². The smallest absolute Gasteiger partial charge is 0.238 e. The number of nitrogens with one attached hydrogen (secondary N) is 1. The molecule has 3 heterocycles. The molecular formula is C23H23FN6O2. The van der Waals surface area contributed by atoms with Crippen LogP contribution in [-0.4, -0.2) is 39.0 Å². The Morgan fingerprint density at radius 3 is 2.44 bits per heavy atom. The fraction of sp³-hybridized carbons (Fsp3) is 0.217. The van der Waals surface area contributed by atoms with Crippen molar-refractivity contribution in [2.24, 2.45) is 0 Å². The van der Waals surface area contributed by atoms with Crippen LogP contribution in [-0.2, 0) is 0 Å². The maximum atomic E-state index is 13.2. The fourth-order valence-corrected chi connectivity index (χ4v) is 3.27. The number of aryl methyl sites for hydroxylation is 1. The molecule has 1 atom stereocenters. The molecule has 0 radical (unpaired) electrons. The number of imidazole rings is 1. The van der Waals surface area contributed by atoms with Crippen LogP contribution in [0.25, 0.3) is 17.1 Å². The quantitative estimate of drug-likeness (QED) is 0.462. The predicted octanol–water partition coefficient (Wildman–Crippen LogP) is 4.36. The molecule has 32 heavy (non-hydrogen) atoms. The van der Waals surface area contributed by atoms with Crippen molar-refractivity contribution in [1.82, 2.24) is 24.7 Å². The minimum absolute atomic E-state index is 0.124. The van der Waals surface area contributed by atoms with Crippen LogP contribution in [0, 0.1) is 12.7 Å². The third-order valence-corrected chi connectivity index (χ3v) is 4.99. The number of aromatic nitrogens is 5. The van der Waals surface area contributed by atoms with Gasteiger partial charge in [0.1, 0.15) is 17.2 Å². The third kappa shape index (κ3) is 4.36. The number of hydrogen-bond acceptors (Lipinski definition) is 7. The molecule has 0 aliphatic heterocycles. The molecule has 4 rings (SSSR count). The van der Waals surface area contributed by atoms with Gasteiger partial charge in [0, 0.05) is 12.3 Å². The summed E-state index contributed by atoms with van der Waals surface area (Å²) in [4.78, 5) is 8.83. The normalized spacial score (nSPS) is 11.8. The highest BCUT2D eigenvalue weighted by atomic mass is 19.1. The molecule has 0 spiro atoms. The summed E-state index contributed by atoms with van der Waals surface area (Å²) in [7, 11) is 3.13. The van der Waals surface area contributed by atoms with E-state index in [1.807, 2.05) is 36.7 Å². The number of anilines is 1. The van der Waals surface area contributed by atoms with Gasteiger partial charge in [0.15, 0.2) is 11.6 Å². The summed E-state index contributed by atoms with van der Waals surface area (Å²) in [5.41, 5.74) is 3.70. The Bertz CT molecular complexity index is 1230. The number of nitrogens with zero attached hydrogens (tertiary/aromatic N) is 5. The first-order chi connectivity index (χ1) is 15.5. The molecule has 0 amide bonds. The van der Waals surface area contributed by atoms with Crippen LogP contribution in [0.4, 0.5) is 10.2 Å². The van der Waals surface area contributed by atoms with Crippen molar-refractivity contribution in [3.63, 3.8) is 0 Å². The largest absolute Gasteiger partial charge is 0.493 e. The lowest BCUT2D eigenvalue weighted by Gasteiger charge is -2.17. The van der Waals surface area contributed by atoms with Crippen LogP contribution in [0.1, 0.15) is 24.2 Å². The molecular weight excluding hydrogens is 411 g/mol. The Hall–Kier alpha value is -4.01. The van der Waals surface area contributed by atoms with Gasteiger partial charge in [0.25, 0.3) is 0 Å². The van der Waals surface area contributed by atoms with Gasteiger partial charge in [0.2, 0.25) is 5.88 Å². The third-order valence-electron chi connectivity index (χ3n) is 4.99. The van der Waals surface area contributed by atoms with Gasteiger partial charge in [-0.05, 0) is 43.7 Å². The van der Waals surface area contributed by atoms with Crippen LogP contribution in [0.2, 0.25) is 0 Å². The van der Waals surface area contributed by atoms with E-state index in [0.29, 0.717) is 28.8 Å². The Balaban J connectivity index is 1.61. The minimum Gasteiger partial charge on any atom is -0.493 e. The zero-order valence-electron chi connectivity index (χ0n) is 18.2. The number of halogens is 1. The van der Waals surface area contributed by atoms with Crippen molar-refractivity contribution < 1.29 is 13.9 Å². The molecule has 0 saturated heterocycles. The fourth-order valence-electron chi connectivity index (χ4n) is 3.27. The van der Waals surface area contributed by atoms with Crippen molar-refractivity contribution in [2.75, 3.05) is 19.5 Å². The maximum absolute atomic E-state index is 13.2. The van der Waals surface area contributed by atoms with E-state index in [-0.39, 0.29) is 11.9 Å². The molecule has 8 nitrogen and oxygen atoms in total. The van der Waals surface area contributed by atoms with Gasteiger partial charge in [-0.15, -0.1) is 10.2 Å². The number of benzene rings is 1. The first-order valence-corrected chi connectivity index (χ1v) is 9.98. The van der Waals surface area contributed by atoms with Gasteiger partial charge < -0.3 is 19.4 Å². The van der Waals surface area contributed by atoms with E-state index in [2.05, 4.69) is 25.5 Å². The van der Waals surface area contributed by atoms with Crippen molar-refractivity contribution in [3.05, 3.63) is 72.1 Å². The molecule has 0 bridgehead atoms. The molecule has 9 heteroatoms. The molecule has 0 aliphatic rings. The van der Waals surface area contributed by atoms with Crippen molar-refractivity contribution in [2.45, 2.75) is 19.9 Å². The van der Waals surface area contributed by atoms with Gasteiger partial charge in [-0.1, -0.05) is 12.1 Å². The van der Waals surface area contributed by atoms with Gasteiger partial charge >= 0.3 is 0 Å². The molecule has 0 aliphatic carbocycles. The molecule has 4 aromatic rings. The molecule has 164 valence electrons. The summed E-state index contributed by atoms with van der Waals surface area (Å²) in [6, 6.07) is 11.7. The summed E-state index contributed by atoms with van der Waals surface area (Å²) in [6.45, 7) is 3.87. The van der Waals surface area contributed by atoms with E-state index in [0.717, 1.165) is 16.9 Å². The average Bonchev–Trinajstić information content (AvgIpc) is 3.25. The van der Waals surface area contributed by atoms with E-state index in [4.69, 9.17) is 9.47 Å². The molecule has 0 saturated carbocycles. The van der Waals surface area contributed by atoms with Gasteiger partial charge in [-0.3, -0.25) is 0 Å². The lowest BCUT2D eigenvalue weighted by molar-refractivity contribution is 0.396. The highest BCUT2D eigenvalue weighted by Crippen LogP contribution is 2.31. The van der Waals surface area contributed by atoms with Gasteiger partial charge in [-0.25, -0.2) is 14.4 Å². The summed E-state index contributed by atoms with van der Waals surface area (Å²) in [5, 5.41) is 11.9. The predicted molar refractivity (Wildman–Crippen MR) is 119 cm³/mol. The second-order valence-electron chi connectivity index (χ2n) is 7.21. The van der Waals surface area contributed by atoms with Gasteiger partial charge in [-0.2, -0.15) is 0 Å². The number of ether oxygens (including phenoxy) is 2. The van der Waals surface area contributed by atoms with E-state index in [1.54, 1.807) is 38.7 Å². The van der Waals surface area contributed by atoms with E-state index in [9.17, 15) is 4.39 Å². The number of pyridine rings is 1. The summed E-state index contributed by atoms with van der Waals surface area (Å²) in [5.74, 6) is 1.15. The monoisotopic (exact) mass is 434 g/mol. The van der Waals surface area contributed by atoms with Crippen LogP contribution in [0.15, 0.2) is 55.0 Å². The molecule has 1 unspecified atom stereocenters. The van der Waals surface area contributed by atoms with Crippen LogP contribution in [0.3, 0.4) is 0 Å². The Morgan fingerprint density at radius 1 is 1.00 bits per heavy atom. The average molecular weight is 434 g/mol.